The van der Waals surface area contributed by atoms with Crippen LogP contribution in [-0.2, 0) is 11.3 Å². The summed E-state index contributed by atoms with van der Waals surface area (Å²) in [5, 5.41) is 7.46. The number of methoxy groups -OCH3 is 1. The molecule has 1 saturated carbocycles. The summed E-state index contributed by atoms with van der Waals surface area (Å²) in [4.78, 5) is 0. The minimum atomic E-state index is 0.628. The summed E-state index contributed by atoms with van der Waals surface area (Å²) in [6, 6.07) is 10.0. The highest BCUT2D eigenvalue weighted by Crippen LogP contribution is 2.34. The topological polar surface area (TPSA) is 33.3 Å². The third kappa shape index (κ3) is 3.15. The van der Waals surface area contributed by atoms with Crippen molar-refractivity contribution in [2.75, 3.05) is 19.0 Å². The lowest BCUT2D eigenvalue weighted by atomic mass is 9.93. The molecule has 0 spiro atoms. The summed E-state index contributed by atoms with van der Waals surface area (Å²) in [6.45, 7) is 1.89. The Labute approximate surface area is 122 Å². The predicted molar refractivity (Wildman–Crippen MR) is 82.9 cm³/mol. The Morgan fingerprint density at radius 2 is 2.20 bits per heavy atom. The monoisotopic (exact) mass is 274 g/mol. The van der Waals surface area contributed by atoms with Crippen molar-refractivity contribution in [2.45, 2.75) is 50.8 Å². The van der Waals surface area contributed by atoms with Gasteiger partial charge in [-0.1, -0.05) is 18.6 Å². The fourth-order valence-electron chi connectivity index (χ4n) is 3.86. The van der Waals surface area contributed by atoms with Gasteiger partial charge in [0, 0.05) is 24.9 Å². The third-order valence-corrected chi connectivity index (χ3v) is 4.77. The van der Waals surface area contributed by atoms with Gasteiger partial charge in [0.15, 0.2) is 0 Å². The van der Waals surface area contributed by atoms with Crippen molar-refractivity contribution in [3.05, 3.63) is 29.8 Å². The van der Waals surface area contributed by atoms with Crippen molar-refractivity contribution < 1.29 is 4.74 Å². The molecule has 3 heteroatoms. The predicted octanol–water partition coefficient (Wildman–Crippen LogP) is 3.17. The maximum atomic E-state index is 5.22. The molecule has 110 valence electrons. The Kier molecular flexibility index (Phi) is 4.58. The van der Waals surface area contributed by atoms with Crippen molar-refractivity contribution in [3.8, 4) is 0 Å². The van der Waals surface area contributed by atoms with E-state index in [0.29, 0.717) is 12.6 Å². The van der Waals surface area contributed by atoms with Gasteiger partial charge in [-0.25, -0.2) is 0 Å². The molecule has 1 saturated heterocycles. The molecule has 0 aromatic heterocycles. The zero-order valence-corrected chi connectivity index (χ0v) is 12.4. The molecule has 3 rings (SSSR count). The smallest absolute Gasteiger partial charge is 0.0713 e. The van der Waals surface area contributed by atoms with Crippen molar-refractivity contribution in [3.63, 3.8) is 0 Å². The Hall–Kier alpha value is -1.06. The maximum Gasteiger partial charge on any atom is 0.0713 e. The Morgan fingerprint density at radius 3 is 3.00 bits per heavy atom. The first-order valence-electron chi connectivity index (χ1n) is 7.94. The molecule has 1 heterocycles. The first-order chi connectivity index (χ1) is 9.86. The SMILES string of the molecule is COCc1cccc(NC2CCCC2C2CCCN2)c1. The molecule has 2 aliphatic rings. The summed E-state index contributed by atoms with van der Waals surface area (Å²) < 4.78 is 5.22. The summed E-state index contributed by atoms with van der Waals surface area (Å²) in [7, 11) is 1.75. The van der Waals surface area contributed by atoms with Gasteiger partial charge >= 0.3 is 0 Å². The van der Waals surface area contributed by atoms with Crippen LogP contribution >= 0.6 is 0 Å². The number of benzene rings is 1. The van der Waals surface area contributed by atoms with E-state index in [4.69, 9.17) is 4.74 Å². The molecule has 2 N–H and O–H groups in total. The van der Waals surface area contributed by atoms with Crippen molar-refractivity contribution >= 4 is 5.69 Å². The van der Waals surface area contributed by atoms with E-state index in [1.54, 1.807) is 7.11 Å². The second kappa shape index (κ2) is 6.59. The van der Waals surface area contributed by atoms with Gasteiger partial charge in [0.05, 0.1) is 6.61 Å². The molecular formula is C17H26N2O. The van der Waals surface area contributed by atoms with Crippen LogP contribution in [0.4, 0.5) is 5.69 Å². The van der Waals surface area contributed by atoms with E-state index in [-0.39, 0.29) is 0 Å². The van der Waals surface area contributed by atoms with Crippen molar-refractivity contribution in [2.24, 2.45) is 5.92 Å². The van der Waals surface area contributed by atoms with E-state index < -0.39 is 0 Å². The number of anilines is 1. The van der Waals surface area contributed by atoms with Crippen molar-refractivity contribution in [1.29, 1.82) is 0 Å². The molecule has 2 fully saturated rings. The maximum absolute atomic E-state index is 5.22. The zero-order chi connectivity index (χ0) is 13.8. The van der Waals surface area contributed by atoms with Crippen LogP contribution in [0, 0.1) is 5.92 Å². The molecule has 1 aromatic rings. The van der Waals surface area contributed by atoms with Crippen LogP contribution in [0.2, 0.25) is 0 Å². The second-order valence-corrected chi connectivity index (χ2v) is 6.18. The van der Waals surface area contributed by atoms with Crippen LogP contribution in [0.5, 0.6) is 0 Å². The molecule has 1 aromatic carbocycles. The molecule has 1 aliphatic carbocycles. The van der Waals surface area contributed by atoms with Gasteiger partial charge in [-0.2, -0.15) is 0 Å². The highest BCUT2D eigenvalue weighted by molar-refractivity contribution is 5.46. The number of hydrogen-bond acceptors (Lipinski definition) is 3. The number of hydrogen-bond donors (Lipinski definition) is 2. The van der Waals surface area contributed by atoms with E-state index >= 15 is 0 Å². The average molecular weight is 274 g/mol. The highest BCUT2D eigenvalue weighted by atomic mass is 16.5. The summed E-state index contributed by atoms with van der Waals surface area (Å²) >= 11 is 0. The number of ether oxygens (including phenoxy) is 1. The van der Waals surface area contributed by atoms with Crippen LogP contribution < -0.4 is 10.6 Å². The van der Waals surface area contributed by atoms with Gasteiger partial charge in [-0.3, -0.25) is 0 Å². The fourth-order valence-corrected chi connectivity index (χ4v) is 3.86. The summed E-state index contributed by atoms with van der Waals surface area (Å²) in [5.41, 5.74) is 2.49. The first kappa shape index (κ1) is 13.9. The molecule has 3 atom stereocenters. The normalized spacial score (nSPS) is 29.8. The lowest BCUT2D eigenvalue weighted by Gasteiger charge is -2.27. The molecule has 3 nitrogen and oxygen atoms in total. The van der Waals surface area contributed by atoms with E-state index in [1.807, 2.05) is 0 Å². The van der Waals surface area contributed by atoms with Gasteiger partial charge in [0.1, 0.15) is 0 Å². The van der Waals surface area contributed by atoms with Gasteiger partial charge < -0.3 is 15.4 Å². The minimum Gasteiger partial charge on any atom is -0.382 e. The van der Waals surface area contributed by atoms with Gasteiger partial charge in [0.25, 0.3) is 0 Å². The highest BCUT2D eigenvalue weighted by Gasteiger charge is 2.34. The number of rotatable bonds is 5. The number of nitrogens with one attached hydrogen (secondary N) is 2. The van der Waals surface area contributed by atoms with E-state index in [1.165, 1.54) is 49.9 Å². The van der Waals surface area contributed by atoms with E-state index in [0.717, 1.165) is 12.0 Å². The lowest BCUT2D eigenvalue weighted by Crippen LogP contribution is -2.38. The molecule has 0 radical (unpaired) electrons. The molecular weight excluding hydrogens is 248 g/mol. The Bertz CT molecular complexity index is 429. The minimum absolute atomic E-state index is 0.628. The molecule has 3 unspecified atom stereocenters. The Morgan fingerprint density at radius 1 is 1.25 bits per heavy atom. The van der Waals surface area contributed by atoms with Crippen LogP contribution in [0.1, 0.15) is 37.7 Å². The van der Waals surface area contributed by atoms with Crippen LogP contribution in [0.3, 0.4) is 0 Å². The summed E-state index contributed by atoms with van der Waals surface area (Å²) in [6.07, 6.45) is 6.73. The van der Waals surface area contributed by atoms with Gasteiger partial charge in [-0.05, 0) is 55.8 Å². The van der Waals surface area contributed by atoms with Crippen molar-refractivity contribution in [1.82, 2.24) is 5.32 Å². The zero-order valence-electron chi connectivity index (χ0n) is 12.4. The van der Waals surface area contributed by atoms with Crippen LogP contribution in [-0.4, -0.2) is 25.7 Å². The largest absolute Gasteiger partial charge is 0.382 e. The molecule has 20 heavy (non-hydrogen) atoms. The molecule has 1 aliphatic heterocycles. The first-order valence-corrected chi connectivity index (χ1v) is 7.94. The van der Waals surface area contributed by atoms with E-state index in [2.05, 4.69) is 34.9 Å². The van der Waals surface area contributed by atoms with Gasteiger partial charge in [-0.15, -0.1) is 0 Å². The third-order valence-electron chi connectivity index (χ3n) is 4.77. The van der Waals surface area contributed by atoms with Gasteiger partial charge in [0.2, 0.25) is 0 Å². The van der Waals surface area contributed by atoms with Crippen LogP contribution in [0.25, 0.3) is 0 Å². The fraction of sp³-hybridized carbons (Fsp3) is 0.647. The molecule has 0 amide bonds. The Balaban J connectivity index is 1.65. The van der Waals surface area contributed by atoms with Crippen LogP contribution in [0.15, 0.2) is 24.3 Å². The lowest BCUT2D eigenvalue weighted by molar-refractivity contribution is 0.185. The van der Waals surface area contributed by atoms with E-state index in [9.17, 15) is 0 Å². The quantitative estimate of drug-likeness (QED) is 0.865. The summed E-state index contributed by atoms with van der Waals surface area (Å²) in [5.74, 6) is 0.795. The second-order valence-electron chi connectivity index (χ2n) is 6.18. The standard InChI is InChI=1S/C17H26N2O/c1-20-12-13-5-2-6-14(11-13)19-17-8-3-7-15(17)16-9-4-10-18-16/h2,5-6,11,15-19H,3-4,7-10,12H2,1H3. The average Bonchev–Trinajstić information content (AvgIpc) is 3.10. The molecule has 0 bridgehead atoms.